The Morgan fingerprint density at radius 3 is 2.26 bits per heavy atom. The van der Waals surface area contributed by atoms with Crippen molar-refractivity contribution in [3.63, 3.8) is 0 Å². The summed E-state index contributed by atoms with van der Waals surface area (Å²) >= 11 is -1.57. The standard InChI is InChI=1S/C8H18Si.C8H11.C5H5.Zr/c1-3-5-7-9-8-6-4-2;1-2-5-8-6-3-4-7-8;1-2-4-5-3-1;/h3-8H2,1-2H3;6-7H,2-3,5H2,1H3;1-3H,4H2;. The topological polar surface area (TPSA) is 0 Å². The van der Waals surface area contributed by atoms with Crippen LogP contribution in [0, 0.1) is 0 Å². The van der Waals surface area contributed by atoms with Crippen molar-refractivity contribution in [1.82, 2.24) is 0 Å². The van der Waals surface area contributed by atoms with E-state index >= 15 is 0 Å². The van der Waals surface area contributed by atoms with Gasteiger partial charge < -0.3 is 0 Å². The van der Waals surface area contributed by atoms with Crippen molar-refractivity contribution in [2.75, 3.05) is 0 Å². The molecular weight excluding hydrogens is 372 g/mol. The Hall–Kier alpha value is 0.0600. The fraction of sp³-hybridized carbons (Fsp3) is 0.619. The van der Waals surface area contributed by atoms with Crippen LogP contribution < -0.4 is 0 Å². The Morgan fingerprint density at radius 1 is 0.957 bits per heavy atom. The first-order valence-corrected chi connectivity index (χ1v) is 17.8. The van der Waals surface area contributed by atoms with Gasteiger partial charge in [-0.15, -0.1) is 0 Å². The molecule has 0 aromatic heterocycles. The Kier molecular flexibility index (Phi) is 9.13. The van der Waals surface area contributed by atoms with Gasteiger partial charge in [-0.2, -0.15) is 0 Å². The zero-order valence-corrected chi connectivity index (χ0v) is 18.9. The molecule has 2 aliphatic rings. The van der Waals surface area contributed by atoms with Crippen LogP contribution in [0.5, 0.6) is 0 Å². The molecule has 0 N–H and O–H groups in total. The van der Waals surface area contributed by atoms with Gasteiger partial charge in [0.2, 0.25) is 0 Å². The maximum atomic E-state index is 2.67. The third-order valence-electron chi connectivity index (χ3n) is 4.91. The molecule has 2 aliphatic carbocycles. The van der Waals surface area contributed by atoms with Crippen molar-refractivity contribution < 1.29 is 20.4 Å². The third-order valence-corrected chi connectivity index (χ3v) is 25.2. The quantitative estimate of drug-likeness (QED) is 0.341. The van der Waals surface area contributed by atoms with Gasteiger partial charge in [-0.05, 0) is 0 Å². The van der Waals surface area contributed by atoms with E-state index < -0.39 is 20.4 Å². The van der Waals surface area contributed by atoms with Gasteiger partial charge in [0, 0.05) is 0 Å². The molecule has 23 heavy (non-hydrogen) atoms. The first kappa shape index (κ1) is 19.4. The second-order valence-corrected chi connectivity index (χ2v) is 22.3. The van der Waals surface area contributed by atoms with Gasteiger partial charge in [0.05, 0.1) is 0 Å². The zero-order chi connectivity index (χ0) is 16.5. The van der Waals surface area contributed by atoms with Gasteiger partial charge in [0.1, 0.15) is 0 Å². The van der Waals surface area contributed by atoms with E-state index in [9.17, 15) is 0 Å². The van der Waals surface area contributed by atoms with Crippen LogP contribution >= 0.6 is 0 Å². The van der Waals surface area contributed by atoms with E-state index in [0.29, 0.717) is 0 Å². The van der Waals surface area contributed by atoms with Gasteiger partial charge >= 0.3 is 153 Å². The molecule has 0 saturated heterocycles. The average Bonchev–Trinajstić information content (AvgIpc) is 3.23. The summed E-state index contributed by atoms with van der Waals surface area (Å²) in [4.78, 5) is 0. The van der Waals surface area contributed by atoms with Crippen molar-refractivity contribution in [3.8, 4) is 0 Å². The predicted octanol–water partition coefficient (Wildman–Crippen LogP) is 7.05. The molecule has 0 amide bonds. The summed E-state index contributed by atoms with van der Waals surface area (Å²) in [6.07, 6.45) is 23.4. The third kappa shape index (κ3) is 5.82. The molecule has 0 spiro atoms. The summed E-state index contributed by atoms with van der Waals surface area (Å²) in [5.41, 5.74) is 1.53. The van der Waals surface area contributed by atoms with Crippen molar-refractivity contribution in [2.24, 2.45) is 0 Å². The molecule has 0 heterocycles. The number of rotatable bonds is 10. The Morgan fingerprint density at radius 2 is 1.70 bits per heavy atom. The van der Waals surface area contributed by atoms with Crippen LogP contribution in [0.4, 0.5) is 0 Å². The molecule has 0 radical (unpaired) electrons. The fourth-order valence-corrected chi connectivity index (χ4v) is 26.0. The first-order chi connectivity index (χ1) is 11.3. The van der Waals surface area contributed by atoms with Gasteiger partial charge in [0.15, 0.2) is 0 Å². The summed E-state index contributed by atoms with van der Waals surface area (Å²) in [5, 5.41) is 0. The Balaban J connectivity index is 2.31. The van der Waals surface area contributed by atoms with E-state index in [4.69, 9.17) is 0 Å². The van der Waals surface area contributed by atoms with Crippen LogP contribution in [0.3, 0.4) is 0 Å². The molecule has 2 heteroatoms. The molecule has 0 nitrogen and oxygen atoms in total. The van der Waals surface area contributed by atoms with Crippen LogP contribution in [-0.2, 0) is 20.4 Å². The van der Waals surface area contributed by atoms with Gasteiger partial charge in [0.25, 0.3) is 0 Å². The van der Waals surface area contributed by atoms with Crippen LogP contribution in [0.1, 0.15) is 72.1 Å². The van der Waals surface area contributed by atoms with Crippen LogP contribution in [0.2, 0.25) is 12.1 Å². The molecule has 0 unspecified atom stereocenters. The average molecular weight is 406 g/mol. The van der Waals surface area contributed by atoms with Crippen LogP contribution in [-0.4, -0.2) is 5.43 Å². The van der Waals surface area contributed by atoms with E-state index in [-0.39, 0.29) is 5.43 Å². The molecule has 0 aliphatic heterocycles. The molecule has 0 bridgehead atoms. The minimum absolute atomic E-state index is 0.125. The number of unbranched alkanes of at least 4 members (excludes halogenated alkanes) is 2. The molecule has 126 valence electrons. The van der Waals surface area contributed by atoms with E-state index in [1.807, 2.05) is 6.56 Å². The summed E-state index contributed by atoms with van der Waals surface area (Å²) in [6.45, 7) is 7.05. The van der Waals surface area contributed by atoms with Crippen molar-refractivity contribution >= 4 is 5.43 Å². The Bertz CT molecular complexity index is 536. The summed E-state index contributed by atoms with van der Waals surface area (Å²) in [5.74, 6) is 0. The predicted molar refractivity (Wildman–Crippen MR) is 103 cm³/mol. The Labute approximate surface area is 152 Å². The molecule has 0 aromatic carbocycles. The van der Waals surface area contributed by atoms with Gasteiger partial charge in [-0.25, -0.2) is 0 Å². The monoisotopic (exact) mass is 404 g/mol. The number of hydrogen-bond donors (Lipinski definition) is 0. The van der Waals surface area contributed by atoms with Gasteiger partial charge in [-0.3, -0.25) is 0 Å². The van der Waals surface area contributed by atoms with Gasteiger partial charge in [-0.1, -0.05) is 0 Å². The summed E-state index contributed by atoms with van der Waals surface area (Å²) in [7, 11) is 0. The minimum atomic E-state index is -1.57. The molecule has 0 saturated carbocycles. The van der Waals surface area contributed by atoms with Crippen molar-refractivity contribution in [2.45, 2.75) is 84.2 Å². The van der Waals surface area contributed by atoms with E-state index in [1.165, 1.54) is 51.4 Å². The molecular formula is C21H34SiZr. The first-order valence-electron chi connectivity index (χ1n) is 9.78. The van der Waals surface area contributed by atoms with E-state index in [0.717, 1.165) is 0 Å². The second-order valence-electron chi connectivity index (χ2n) is 6.91. The molecule has 2 rings (SSSR count). The molecule has 0 atom stereocenters. The number of hydrogen-bond acceptors (Lipinski definition) is 0. The molecule has 0 aromatic rings. The summed E-state index contributed by atoms with van der Waals surface area (Å²) in [6, 6.07) is 3.18. The van der Waals surface area contributed by atoms with Crippen molar-refractivity contribution in [1.29, 1.82) is 0 Å². The SMILES string of the molecule is CCCC[Si](CCCC)=[Zr]([C]1=CC=CC1)[C]1=CC(CCC)=CC1. The maximum absolute atomic E-state index is 2.67. The molecule has 0 fully saturated rings. The summed E-state index contributed by atoms with van der Waals surface area (Å²) < 4.78 is 3.87. The second kappa shape index (κ2) is 10.8. The van der Waals surface area contributed by atoms with Crippen LogP contribution in [0.15, 0.2) is 42.5 Å². The van der Waals surface area contributed by atoms with E-state index in [2.05, 4.69) is 51.2 Å². The zero-order valence-electron chi connectivity index (χ0n) is 15.5. The van der Waals surface area contributed by atoms with E-state index in [1.54, 1.807) is 17.7 Å². The fourth-order valence-electron chi connectivity index (χ4n) is 3.67. The van der Waals surface area contributed by atoms with Crippen molar-refractivity contribution in [3.05, 3.63) is 42.5 Å². The normalized spacial score (nSPS) is 16.4. The van der Waals surface area contributed by atoms with Crippen LogP contribution in [0.25, 0.3) is 0 Å². The number of allylic oxidation sites excluding steroid dienone is 8.